The smallest absolute Gasteiger partial charge is 0.339 e. The molecular formula is C26H44O5. The summed E-state index contributed by atoms with van der Waals surface area (Å²) in [4.78, 5) is 11.3. The van der Waals surface area contributed by atoms with Gasteiger partial charge in [-0.15, -0.1) is 0 Å². The number of carboxylic acids is 1. The lowest BCUT2D eigenvalue weighted by Crippen LogP contribution is -2.03. The molecular weight excluding hydrogens is 392 g/mol. The van der Waals surface area contributed by atoms with E-state index in [0.29, 0.717) is 12.0 Å². The van der Waals surface area contributed by atoms with Crippen LogP contribution in [0.2, 0.25) is 0 Å². The summed E-state index contributed by atoms with van der Waals surface area (Å²) in [6.45, 7) is 4.03. The highest BCUT2D eigenvalue weighted by atomic mass is 16.5. The first-order valence-corrected chi connectivity index (χ1v) is 12.4. The summed E-state index contributed by atoms with van der Waals surface area (Å²) in [6, 6.07) is 2.94. The van der Waals surface area contributed by atoms with E-state index in [0.717, 1.165) is 38.9 Å². The second kappa shape index (κ2) is 17.9. The van der Waals surface area contributed by atoms with Crippen molar-refractivity contribution >= 4 is 5.97 Å². The van der Waals surface area contributed by atoms with Crippen molar-refractivity contribution in [3.63, 3.8) is 0 Å². The molecule has 1 aromatic rings. The van der Waals surface area contributed by atoms with E-state index < -0.39 is 11.7 Å². The molecule has 0 amide bonds. The molecule has 0 aliphatic heterocycles. The molecule has 0 heterocycles. The maximum atomic E-state index is 11.3. The third-order valence-corrected chi connectivity index (χ3v) is 5.83. The number of carboxylic acid groups (broad SMARTS) is 1. The van der Waals surface area contributed by atoms with Gasteiger partial charge in [0.25, 0.3) is 0 Å². The number of aromatic carboxylic acids is 1. The van der Waals surface area contributed by atoms with Gasteiger partial charge in [-0.1, -0.05) is 90.0 Å². The summed E-state index contributed by atoms with van der Waals surface area (Å²) < 4.78 is 5.74. The number of benzene rings is 1. The number of hydrogen-bond donors (Lipinski definition) is 3. The summed E-state index contributed by atoms with van der Waals surface area (Å²) >= 11 is 0. The molecule has 178 valence electrons. The average molecular weight is 437 g/mol. The van der Waals surface area contributed by atoms with Gasteiger partial charge in [-0.3, -0.25) is 0 Å². The zero-order valence-electron chi connectivity index (χ0n) is 19.5. The lowest BCUT2D eigenvalue weighted by atomic mass is 9.99. The molecule has 0 fully saturated rings. The Kier molecular flexibility index (Phi) is 15.7. The summed E-state index contributed by atoms with van der Waals surface area (Å²) in [5, 5.41) is 28.5. The minimum atomic E-state index is -1.20. The lowest BCUT2D eigenvalue weighted by molar-refractivity contribution is 0.0691. The largest absolute Gasteiger partial charge is 0.504 e. The molecule has 0 bridgehead atoms. The van der Waals surface area contributed by atoms with Crippen LogP contribution < -0.4 is 0 Å². The molecule has 0 saturated heterocycles. The van der Waals surface area contributed by atoms with Crippen molar-refractivity contribution in [3.8, 4) is 11.5 Å². The first-order valence-electron chi connectivity index (χ1n) is 12.4. The van der Waals surface area contributed by atoms with Crippen molar-refractivity contribution in [1.29, 1.82) is 0 Å². The highest BCUT2D eigenvalue weighted by molar-refractivity contribution is 5.93. The SMILES string of the molecule is CCCCCCCCCCOCCCCCCCCCc1ccc(O)c(O)c1C(=O)O. The Bertz CT molecular complexity index is 600. The lowest BCUT2D eigenvalue weighted by Gasteiger charge is -2.09. The van der Waals surface area contributed by atoms with E-state index in [1.165, 1.54) is 76.7 Å². The van der Waals surface area contributed by atoms with Gasteiger partial charge in [-0.25, -0.2) is 4.79 Å². The van der Waals surface area contributed by atoms with Crippen molar-refractivity contribution in [1.82, 2.24) is 0 Å². The molecule has 1 rings (SSSR count). The summed E-state index contributed by atoms with van der Waals surface area (Å²) in [6.07, 6.45) is 19.1. The third-order valence-electron chi connectivity index (χ3n) is 5.83. The van der Waals surface area contributed by atoms with Crippen LogP contribution in [0.5, 0.6) is 11.5 Å². The van der Waals surface area contributed by atoms with Gasteiger partial charge in [0.1, 0.15) is 5.56 Å². The molecule has 5 heteroatoms. The number of phenols is 2. The van der Waals surface area contributed by atoms with Gasteiger partial charge in [0, 0.05) is 13.2 Å². The van der Waals surface area contributed by atoms with Crippen molar-refractivity contribution in [3.05, 3.63) is 23.3 Å². The fourth-order valence-corrected chi connectivity index (χ4v) is 3.91. The minimum absolute atomic E-state index is 0.174. The first-order chi connectivity index (χ1) is 15.1. The molecule has 0 spiro atoms. The van der Waals surface area contributed by atoms with E-state index in [4.69, 9.17) is 4.74 Å². The molecule has 31 heavy (non-hydrogen) atoms. The number of ether oxygens (including phenoxy) is 1. The molecule has 0 aromatic heterocycles. The second-order valence-corrected chi connectivity index (χ2v) is 8.58. The Hall–Kier alpha value is -1.75. The second-order valence-electron chi connectivity index (χ2n) is 8.58. The average Bonchev–Trinajstić information content (AvgIpc) is 2.75. The van der Waals surface area contributed by atoms with E-state index in [-0.39, 0.29) is 11.3 Å². The third kappa shape index (κ3) is 12.6. The van der Waals surface area contributed by atoms with Gasteiger partial charge in [0.2, 0.25) is 0 Å². The fourth-order valence-electron chi connectivity index (χ4n) is 3.91. The molecule has 5 nitrogen and oxygen atoms in total. The Morgan fingerprint density at radius 1 is 0.742 bits per heavy atom. The number of aryl methyl sites for hydroxylation is 1. The van der Waals surface area contributed by atoms with Crippen LogP contribution in [-0.4, -0.2) is 34.5 Å². The van der Waals surface area contributed by atoms with Gasteiger partial charge in [0.15, 0.2) is 11.5 Å². The highest BCUT2D eigenvalue weighted by Crippen LogP contribution is 2.32. The predicted molar refractivity (Wildman–Crippen MR) is 126 cm³/mol. The molecule has 0 atom stereocenters. The zero-order chi connectivity index (χ0) is 22.7. The topological polar surface area (TPSA) is 87.0 Å². The van der Waals surface area contributed by atoms with Crippen molar-refractivity contribution in [2.75, 3.05) is 13.2 Å². The Balaban J connectivity index is 1.92. The number of unbranched alkanes of at least 4 members (excludes halogenated alkanes) is 13. The normalized spacial score (nSPS) is 11.1. The monoisotopic (exact) mass is 436 g/mol. The van der Waals surface area contributed by atoms with E-state index in [1.54, 1.807) is 6.07 Å². The van der Waals surface area contributed by atoms with Crippen LogP contribution in [0.3, 0.4) is 0 Å². The minimum Gasteiger partial charge on any atom is -0.504 e. The van der Waals surface area contributed by atoms with Gasteiger partial charge >= 0.3 is 5.97 Å². The molecule has 3 N–H and O–H groups in total. The van der Waals surface area contributed by atoms with Gasteiger partial charge < -0.3 is 20.1 Å². The van der Waals surface area contributed by atoms with E-state index in [2.05, 4.69) is 6.92 Å². The quantitative estimate of drug-likeness (QED) is 0.148. The number of aromatic hydroxyl groups is 2. The highest BCUT2D eigenvalue weighted by Gasteiger charge is 2.18. The fraction of sp³-hybridized carbons (Fsp3) is 0.731. The summed E-state index contributed by atoms with van der Waals surface area (Å²) in [5.41, 5.74) is 0.406. The van der Waals surface area contributed by atoms with E-state index in [1.807, 2.05) is 0 Å². The van der Waals surface area contributed by atoms with Crippen LogP contribution in [0.15, 0.2) is 12.1 Å². The number of phenolic OH excluding ortho intramolecular Hbond substituents is 1. The maximum Gasteiger partial charge on any atom is 0.339 e. The van der Waals surface area contributed by atoms with E-state index >= 15 is 0 Å². The van der Waals surface area contributed by atoms with Crippen molar-refractivity contribution in [2.45, 2.75) is 110 Å². The molecule has 0 saturated carbocycles. The molecule has 0 unspecified atom stereocenters. The van der Waals surface area contributed by atoms with Crippen LogP contribution in [-0.2, 0) is 11.2 Å². The first kappa shape index (κ1) is 27.3. The molecule has 0 radical (unpaired) electrons. The van der Waals surface area contributed by atoms with Crippen molar-refractivity contribution < 1.29 is 24.9 Å². The summed E-state index contributed by atoms with van der Waals surface area (Å²) in [7, 11) is 0. The number of hydrogen-bond acceptors (Lipinski definition) is 4. The zero-order valence-corrected chi connectivity index (χ0v) is 19.5. The van der Waals surface area contributed by atoms with Crippen LogP contribution in [0.25, 0.3) is 0 Å². The van der Waals surface area contributed by atoms with Crippen molar-refractivity contribution in [2.24, 2.45) is 0 Å². The molecule has 1 aromatic carbocycles. The predicted octanol–water partition coefficient (Wildman–Crippen LogP) is 7.23. The van der Waals surface area contributed by atoms with Crippen LogP contribution in [0, 0.1) is 0 Å². The Morgan fingerprint density at radius 2 is 1.23 bits per heavy atom. The van der Waals surface area contributed by atoms with Gasteiger partial charge in [-0.05, 0) is 37.3 Å². The van der Waals surface area contributed by atoms with Gasteiger partial charge in [-0.2, -0.15) is 0 Å². The standard InChI is InChI=1S/C26H44O5/c1-2-3-4-5-6-9-12-15-20-31-21-16-13-10-7-8-11-14-17-22-18-19-23(27)25(28)24(22)26(29)30/h18-19,27-28H,2-17,20-21H2,1H3,(H,29,30). The van der Waals surface area contributed by atoms with E-state index in [9.17, 15) is 20.1 Å². The molecule has 0 aliphatic carbocycles. The van der Waals surface area contributed by atoms with Crippen LogP contribution in [0.1, 0.15) is 119 Å². The van der Waals surface area contributed by atoms with Crippen LogP contribution >= 0.6 is 0 Å². The molecule has 0 aliphatic rings. The Labute approximate surface area is 188 Å². The Morgan fingerprint density at radius 3 is 1.74 bits per heavy atom. The number of carbonyl (C=O) groups is 1. The van der Waals surface area contributed by atoms with Gasteiger partial charge in [0.05, 0.1) is 0 Å². The number of rotatable bonds is 20. The maximum absolute atomic E-state index is 11.3. The summed E-state index contributed by atoms with van der Waals surface area (Å²) in [5.74, 6) is -2.12. The van der Waals surface area contributed by atoms with Crippen LogP contribution in [0.4, 0.5) is 0 Å².